The summed E-state index contributed by atoms with van der Waals surface area (Å²) in [6.45, 7) is 10.3. The number of halogens is 1. The van der Waals surface area contributed by atoms with Gasteiger partial charge in [-0.2, -0.15) is 0 Å². The highest BCUT2D eigenvalue weighted by Gasteiger charge is 2.08. The van der Waals surface area contributed by atoms with Crippen molar-refractivity contribution in [3.8, 4) is 0 Å². The molecular weight excluding hydrogens is 437 g/mol. The Hall–Kier alpha value is -1.16. The van der Waals surface area contributed by atoms with Gasteiger partial charge >= 0.3 is 0 Å². The summed E-state index contributed by atoms with van der Waals surface area (Å²) in [6, 6.07) is 0. The fraction of sp³-hybridized carbons (Fsp3) is 0.562. The van der Waals surface area contributed by atoms with Crippen molar-refractivity contribution in [1.29, 1.82) is 0 Å². The van der Waals surface area contributed by atoms with Gasteiger partial charge < -0.3 is 15.2 Å². The van der Waals surface area contributed by atoms with Crippen LogP contribution in [0.3, 0.4) is 0 Å². The van der Waals surface area contributed by atoms with Gasteiger partial charge in [-0.15, -0.1) is 35.3 Å². The average molecular weight is 463 g/mol. The SMILES string of the molecule is CCNC(=NCc1ncc(CC)s1)NCCc1c(C)noc1C.I. The van der Waals surface area contributed by atoms with E-state index < -0.39 is 0 Å². The molecule has 2 rings (SSSR count). The molecule has 2 aromatic heterocycles. The van der Waals surface area contributed by atoms with Crippen LogP contribution >= 0.6 is 35.3 Å². The highest BCUT2D eigenvalue weighted by molar-refractivity contribution is 14.0. The van der Waals surface area contributed by atoms with Crippen molar-refractivity contribution in [3.05, 3.63) is 33.1 Å². The molecule has 2 heterocycles. The second-order valence-corrected chi connectivity index (χ2v) is 6.45. The number of hydrogen-bond acceptors (Lipinski definition) is 5. The highest BCUT2D eigenvalue weighted by atomic mass is 127. The number of nitrogens with zero attached hydrogens (tertiary/aromatic N) is 3. The largest absolute Gasteiger partial charge is 0.361 e. The summed E-state index contributed by atoms with van der Waals surface area (Å²) in [5.41, 5.74) is 2.13. The lowest BCUT2D eigenvalue weighted by Crippen LogP contribution is -2.38. The molecule has 0 unspecified atom stereocenters. The third kappa shape index (κ3) is 6.04. The first-order valence-electron chi connectivity index (χ1n) is 8.01. The van der Waals surface area contributed by atoms with Gasteiger partial charge in [-0.25, -0.2) is 9.98 Å². The predicted octanol–water partition coefficient (Wildman–Crippen LogP) is 3.23. The third-order valence-electron chi connectivity index (χ3n) is 3.52. The summed E-state index contributed by atoms with van der Waals surface area (Å²) >= 11 is 1.72. The lowest BCUT2D eigenvalue weighted by atomic mass is 10.1. The van der Waals surface area contributed by atoms with E-state index in [4.69, 9.17) is 4.52 Å². The van der Waals surface area contributed by atoms with E-state index in [2.05, 4.69) is 39.6 Å². The molecule has 0 aliphatic carbocycles. The fourth-order valence-corrected chi connectivity index (χ4v) is 3.02. The Morgan fingerprint density at radius 1 is 1.29 bits per heavy atom. The first-order valence-corrected chi connectivity index (χ1v) is 8.83. The first kappa shape index (κ1) is 20.9. The Morgan fingerprint density at radius 2 is 2.08 bits per heavy atom. The summed E-state index contributed by atoms with van der Waals surface area (Å²) in [5.74, 6) is 1.70. The van der Waals surface area contributed by atoms with Gasteiger partial charge in [0.1, 0.15) is 10.8 Å². The minimum Gasteiger partial charge on any atom is -0.361 e. The Kier molecular flexibility index (Phi) is 9.27. The van der Waals surface area contributed by atoms with Crippen molar-refractivity contribution in [2.75, 3.05) is 13.1 Å². The van der Waals surface area contributed by atoms with Crippen LogP contribution in [0, 0.1) is 13.8 Å². The molecule has 0 aliphatic heterocycles. The Labute approximate surface area is 164 Å². The topological polar surface area (TPSA) is 75.3 Å². The second-order valence-electron chi connectivity index (χ2n) is 5.25. The summed E-state index contributed by atoms with van der Waals surface area (Å²) < 4.78 is 5.19. The summed E-state index contributed by atoms with van der Waals surface area (Å²) in [6.07, 6.45) is 3.83. The van der Waals surface area contributed by atoms with Crippen molar-refractivity contribution in [2.24, 2.45) is 4.99 Å². The van der Waals surface area contributed by atoms with Gasteiger partial charge in [0.25, 0.3) is 0 Å². The van der Waals surface area contributed by atoms with Crippen LogP contribution in [0.1, 0.15) is 40.7 Å². The lowest BCUT2D eigenvalue weighted by Gasteiger charge is -2.10. The molecule has 0 radical (unpaired) electrons. The van der Waals surface area contributed by atoms with Crippen molar-refractivity contribution >= 4 is 41.3 Å². The second kappa shape index (κ2) is 10.7. The number of aryl methyl sites for hydroxylation is 3. The highest BCUT2D eigenvalue weighted by Crippen LogP contribution is 2.14. The number of rotatable bonds is 7. The van der Waals surface area contributed by atoms with Crippen molar-refractivity contribution in [2.45, 2.75) is 47.1 Å². The lowest BCUT2D eigenvalue weighted by molar-refractivity contribution is 0.392. The van der Waals surface area contributed by atoms with Crippen molar-refractivity contribution in [1.82, 2.24) is 20.8 Å². The zero-order valence-electron chi connectivity index (χ0n) is 14.7. The molecule has 0 atom stereocenters. The molecule has 134 valence electrons. The van der Waals surface area contributed by atoms with Gasteiger partial charge in [0.05, 0.1) is 12.2 Å². The molecule has 0 saturated carbocycles. The Morgan fingerprint density at radius 3 is 2.67 bits per heavy atom. The molecule has 2 N–H and O–H groups in total. The fourth-order valence-electron chi connectivity index (χ4n) is 2.24. The molecule has 0 bridgehead atoms. The van der Waals surface area contributed by atoms with Crippen LogP contribution in [0.2, 0.25) is 0 Å². The third-order valence-corrected chi connectivity index (χ3v) is 4.64. The van der Waals surface area contributed by atoms with Gasteiger partial charge in [-0.05, 0) is 33.6 Å². The van der Waals surface area contributed by atoms with Crippen LogP contribution < -0.4 is 10.6 Å². The van der Waals surface area contributed by atoms with Crippen molar-refractivity contribution < 1.29 is 4.52 Å². The molecular formula is C16H26IN5OS. The number of thiazole rings is 1. The Balaban J connectivity index is 0.00000288. The summed E-state index contributed by atoms with van der Waals surface area (Å²) in [5, 5.41) is 11.6. The van der Waals surface area contributed by atoms with Gasteiger partial charge in [0.2, 0.25) is 0 Å². The first-order chi connectivity index (χ1) is 11.1. The number of aliphatic imine (C=N–C) groups is 1. The van der Waals surface area contributed by atoms with Gasteiger partial charge in [0, 0.05) is 29.7 Å². The maximum absolute atomic E-state index is 5.19. The van der Waals surface area contributed by atoms with Gasteiger partial charge in [0.15, 0.2) is 5.96 Å². The summed E-state index contributed by atoms with van der Waals surface area (Å²) in [4.78, 5) is 10.3. The molecule has 2 aromatic rings. The maximum Gasteiger partial charge on any atom is 0.191 e. The molecule has 6 nitrogen and oxygen atoms in total. The number of nitrogens with one attached hydrogen (secondary N) is 2. The van der Waals surface area contributed by atoms with E-state index in [1.807, 2.05) is 20.0 Å². The predicted molar refractivity (Wildman–Crippen MR) is 109 cm³/mol. The average Bonchev–Trinajstić information content (AvgIpc) is 3.13. The molecule has 0 spiro atoms. The number of guanidine groups is 1. The van der Waals surface area contributed by atoms with E-state index in [1.54, 1.807) is 11.3 Å². The van der Waals surface area contributed by atoms with E-state index in [0.29, 0.717) is 6.54 Å². The van der Waals surface area contributed by atoms with Gasteiger partial charge in [-0.3, -0.25) is 0 Å². The van der Waals surface area contributed by atoms with E-state index >= 15 is 0 Å². The molecule has 0 aromatic carbocycles. The normalized spacial score (nSPS) is 11.2. The zero-order valence-corrected chi connectivity index (χ0v) is 17.8. The minimum absolute atomic E-state index is 0. The maximum atomic E-state index is 5.19. The zero-order chi connectivity index (χ0) is 16.7. The van der Waals surface area contributed by atoms with Crippen LogP contribution in [0.5, 0.6) is 0 Å². The molecule has 0 amide bonds. The summed E-state index contributed by atoms with van der Waals surface area (Å²) in [7, 11) is 0. The number of aromatic nitrogens is 2. The van der Waals surface area contributed by atoms with Crippen molar-refractivity contribution in [3.63, 3.8) is 0 Å². The van der Waals surface area contributed by atoms with E-state index in [-0.39, 0.29) is 24.0 Å². The molecule has 24 heavy (non-hydrogen) atoms. The van der Waals surface area contributed by atoms with E-state index in [1.165, 1.54) is 10.4 Å². The minimum atomic E-state index is 0. The molecule has 0 fully saturated rings. The molecule has 8 heteroatoms. The van der Waals surface area contributed by atoms with E-state index in [9.17, 15) is 0 Å². The Bertz CT molecular complexity index is 633. The molecule has 0 saturated heterocycles. The van der Waals surface area contributed by atoms with Crippen LogP contribution in [0.15, 0.2) is 15.7 Å². The smallest absolute Gasteiger partial charge is 0.191 e. The standard InChI is InChI=1S/C16H25N5OS.HI/c1-5-13-9-19-15(23-13)10-20-16(17-6-2)18-8-7-14-11(3)21-22-12(14)4;/h9H,5-8,10H2,1-4H3,(H2,17,18,20);1H. The van der Waals surface area contributed by atoms with E-state index in [0.717, 1.165) is 48.4 Å². The molecule has 0 aliphatic rings. The van der Waals surface area contributed by atoms with Crippen LogP contribution in [0.25, 0.3) is 0 Å². The monoisotopic (exact) mass is 463 g/mol. The van der Waals surface area contributed by atoms with Gasteiger partial charge in [-0.1, -0.05) is 12.1 Å². The number of hydrogen-bond donors (Lipinski definition) is 2. The van der Waals surface area contributed by atoms with Crippen LogP contribution in [-0.4, -0.2) is 29.2 Å². The van der Waals surface area contributed by atoms with Crippen LogP contribution in [0.4, 0.5) is 0 Å². The van der Waals surface area contributed by atoms with Crippen LogP contribution in [-0.2, 0) is 19.4 Å². The quantitative estimate of drug-likeness (QED) is 0.375.